The Morgan fingerprint density at radius 2 is 2.06 bits per heavy atom. The molecule has 2 aromatic rings. The first-order chi connectivity index (χ1) is 8.08. The van der Waals surface area contributed by atoms with Crippen LogP contribution in [-0.4, -0.2) is 18.1 Å². The molecule has 0 radical (unpaired) electrons. The van der Waals surface area contributed by atoms with E-state index in [4.69, 9.17) is 0 Å². The molecule has 1 aromatic carbocycles. The summed E-state index contributed by atoms with van der Waals surface area (Å²) in [4.78, 5) is 15.5. The second-order valence-electron chi connectivity index (χ2n) is 3.79. The summed E-state index contributed by atoms with van der Waals surface area (Å²) in [5.41, 5.74) is 0.682. The van der Waals surface area contributed by atoms with Gasteiger partial charge in [0.2, 0.25) is 0 Å². The number of hydrogen-bond acceptors (Lipinski definition) is 3. The summed E-state index contributed by atoms with van der Waals surface area (Å²) < 4.78 is 0. The van der Waals surface area contributed by atoms with Crippen molar-refractivity contribution in [2.75, 3.05) is 11.9 Å². The van der Waals surface area contributed by atoms with Gasteiger partial charge in [0.15, 0.2) is 0 Å². The van der Waals surface area contributed by atoms with Gasteiger partial charge in [-0.15, -0.1) is 11.3 Å². The lowest BCUT2D eigenvalue weighted by Gasteiger charge is -2.16. The first kappa shape index (κ1) is 11.7. The van der Waals surface area contributed by atoms with Crippen LogP contribution in [0, 0.1) is 6.92 Å². The van der Waals surface area contributed by atoms with E-state index in [1.54, 1.807) is 31.3 Å². The summed E-state index contributed by atoms with van der Waals surface area (Å²) in [6.45, 7) is 1.97. The molecule has 2 rings (SSSR count). The number of aryl methyl sites for hydroxylation is 1. The summed E-state index contributed by atoms with van der Waals surface area (Å²) in [7, 11) is 1.70. The molecular formula is C13H13NO2S. The smallest absolute Gasteiger partial charge is 0.268 e. The lowest BCUT2D eigenvalue weighted by Crippen LogP contribution is -2.25. The second-order valence-corrected chi connectivity index (χ2v) is 5.08. The Balaban J connectivity index is 2.26. The fraction of sp³-hybridized carbons (Fsp3) is 0.154. The number of anilines is 1. The van der Waals surface area contributed by atoms with Crippen LogP contribution < -0.4 is 4.90 Å². The summed E-state index contributed by atoms with van der Waals surface area (Å²) >= 11 is 1.47. The monoisotopic (exact) mass is 247 g/mol. The first-order valence-corrected chi connectivity index (χ1v) is 6.03. The van der Waals surface area contributed by atoms with Gasteiger partial charge in [0.05, 0.1) is 4.88 Å². The zero-order valence-corrected chi connectivity index (χ0v) is 10.5. The van der Waals surface area contributed by atoms with E-state index in [2.05, 4.69) is 0 Å². The molecule has 17 heavy (non-hydrogen) atoms. The van der Waals surface area contributed by atoms with Crippen LogP contribution in [0.4, 0.5) is 5.69 Å². The highest BCUT2D eigenvalue weighted by molar-refractivity contribution is 7.14. The molecule has 0 aliphatic carbocycles. The normalized spacial score (nSPS) is 10.2. The third kappa shape index (κ3) is 2.47. The van der Waals surface area contributed by atoms with Gasteiger partial charge < -0.3 is 10.0 Å². The average Bonchev–Trinajstić information content (AvgIpc) is 2.74. The van der Waals surface area contributed by atoms with Crippen molar-refractivity contribution >= 4 is 22.9 Å². The number of phenolic OH excluding ortho intramolecular Hbond substituents is 1. The van der Waals surface area contributed by atoms with Crippen LogP contribution in [0.1, 0.15) is 14.5 Å². The largest absolute Gasteiger partial charge is 0.508 e. The van der Waals surface area contributed by atoms with Crippen LogP contribution in [0.15, 0.2) is 36.4 Å². The van der Waals surface area contributed by atoms with Gasteiger partial charge in [-0.05, 0) is 31.2 Å². The molecule has 0 atom stereocenters. The van der Waals surface area contributed by atoms with Gasteiger partial charge in [0.25, 0.3) is 5.91 Å². The standard InChI is InChI=1S/C13H13NO2S/c1-9-6-7-12(17-9)13(16)14(2)10-4-3-5-11(15)8-10/h3-8,15H,1-2H3. The van der Waals surface area contributed by atoms with Crippen LogP contribution in [0.2, 0.25) is 0 Å². The van der Waals surface area contributed by atoms with Crippen molar-refractivity contribution in [3.63, 3.8) is 0 Å². The highest BCUT2D eigenvalue weighted by atomic mass is 32.1. The maximum atomic E-state index is 12.1. The van der Waals surface area contributed by atoms with Gasteiger partial charge in [-0.1, -0.05) is 6.07 Å². The zero-order chi connectivity index (χ0) is 12.4. The summed E-state index contributed by atoms with van der Waals surface area (Å²) in [6, 6.07) is 10.4. The van der Waals surface area contributed by atoms with Gasteiger partial charge in [-0.2, -0.15) is 0 Å². The first-order valence-electron chi connectivity index (χ1n) is 5.21. The minimum atomic E-state index is -0.0614. The van der Waals surface area contributed by atoms with Crippen molar-refractivity contribution in [1.82, 2.24) is 0 Å². The number of nitrogens with zero attached hydrogens (tertiary/aromatic N) is 1. The SMILES string of the molecule is Cc1ccc(C(=O)N(C)c2cccc(O)c2)s1. The summed E-state index contributed by atoms with van der Waals surface area (Å²) in [5, 5.41) is 9.38. The molecule has 1 amide bonds. The molecule has 4 heteroatoms. The highest BCUT2D eigenvalue weighted by Gasteiger charge is 2.15. The van der Waals surface area contributed by atoms with Crippen LogP contribution >= 0.6 is 11.3 Å². The fourth-order valence-corrected chi connectivity index (χ4v) is 2.38. The molecule has 0 aliphatic rings. The molecule has 0 fully saturated rings. The Labute approximate surface area is 104 Å². The quantitative estimate of drug-likeness (QED) is 0.886. The van der Waals surface area contributed by atoms with Crippen LogP contribution in [-0.2, 0) is 0 Å². The van der Waals surface area contributed by atoms with Crippen molar-refractivity contribution < 1.29 is 9.90 Å². The number of carbonyl (C=O) groups excluding carboxylic acids is 1. The lowest BCUT2D eigenvalue weighted by atomic mass is 10.2. The van der Waals surface area contributed by atoms with Crippen molar-refractivity contribution in [3.8, 4) is 5.75 Å². The number of benzene rings is 1. The summed E-state index contributed by atoms with van der Waals surface area (Å²) in [5.74, 6) is 0.0956. The summed E-state index contributed by atoms with van der Waals surface area (Å²) in [6.07, 6.45) is 0. The minimum absolute atomic E-state index is 0.0614. The van der Waals surface area contributed by atoms with E-state index in [1.165, 1.54) is 16.2 Å². The number of aromatic hydroxyl groups is 1. The number of rotatable bonds is 2. The third-order valence-electron chi connectivity index (χ3n) is 2.47. The Kier molecular flexibility index (Phi) is 3.15. The molecule has 88 valence electrons. The van der Waals surface area contributed by atoms with Gasteiger partial charge in [0.1, 0.15) is 5.75 Å². The molecule has 0 bridgehead atoms. The van der Waals surface area contributed by atoms with Crippen LogP contribution in [0.5, 0.6) is 5.75 Å². The number of thiophene rings is 1. The third-order valence-corrected chi connectivity index (χ3v) is 3.46. The van der Waals surface area contributed by atoms with Gasteiger partial charge in [0, 0.05) is 23.7 Å². The molecule has 1 N–H and O–H groups in total. The Bertz CT molecular complexity index is 548. The highest BCUT2D eigenvalue weighted by Crippen LogP contribution is 2.23. The Morgan fingerprint density at radius 1 is 1.29 bits per heavy atom. The molecule has 1 aromatic heterocycles. The zero-order valence-electron chi connectivity index (χ0n) is 9.68. The van der Waals surface area contributed by atoms with Crippen molar-refractivity contribution in [3.05, 3.63) is 46.2 Å². The minimum Gasteiger partial charge on any atom is -0.508 e. The van der Waals surface area contributed by atoms with E-state index in [0.29, 0.717) is 10.6 Å². The van der Waals surface area contributed by atoms with Crippen molar-refractivity contribution in [2.24, 2.45) is 0 Å². The van der Waals surface area contributed by atoms with Gasteiger partial charge >= 0.3 is 0 Å². The molecule has 0 spiro atoms. The number of hydrogen-bond donors (Lipinski definition) is 1. The topological polar surface area (TPSA) is 40.5 Å². The molecule has 1 heterocycles. The second kappa shape index (κ2) is 4.59. The molecule has 0 unspecified atom stereocenters. The van der Waals surface area contributed by atoms with E-state index in [0.717, 1.165) is 4.88 Å². The maximum absolute atomic E-state index is 12.1. The number of carbonyl (C=O) groups is 1. The molecule has 0 saturated heterocycles. The van der Waals surface area contributed by atoms with Gasteiger partial charge in [-0.25, -0.2) is 0 Å². The van der Waals surface area contributed by atoms with E-state index < -0.39 is 0 Å². The van der Waals surface area contributed by atoms with E-state index >= 15 is 0 Å². The van der Waals surface area contributed by atoms with Crippen LogP contribution in [0.25, 0.3) is 0 Å². The predicted molar refractivity (Wildman–Crippen MR) is 69.9 cm³/mol. The van der Waals surface area contributed by atoms with Gasteiger partial charge in [-0.3, -0.25) is 4.79 Å². The molecule has 0 saturated carbocycles. The van der Waals surface area contributed by atoms with Crippen molar-refractivity contribution in [1.29, 1.82) is 0 Å². The van der Waals surface area contributed by atoms with E-state index in [1.807, 2.05) is 19.1 Å². The number of phenols is 1. The fourth-order valence-electron chi connectivity index (χ4n) is 1.53. The Morgan fingerprint density at radius 3 is 2.65 bits per heavy atom. The van der Waals surface area contributed by atoms with E-state index in [-0.39, 0.29) is 11.7 Å². The molecule has 0 aliphatic heterocycles. The predicted octanol–water partition coefficient (Wildman–Crippen LogP) is 3.04. The number of amides is 1. The molecular weight excluding hydrogens is 234 g/mol. The van der Waals surface area contributed by atoms with Crippen molar-refractivity contribution in [2.45, 2.75) is 6.92 Å². The van der Waals surface area contributed by atoms with E-state index in [9.17, 15) is 9.90 Å². The average molecular weight is 247 g/mol. The Hall–Kier alpha value is -1.81. The van der Waals surface area contributed by atoms with Crippen LogP contribution in [0.3, 0.4) is 0 Å². The maximum Gasteiger partial charge on any atom is 0.268 e. The molecule has 3 nitrogen and oxygen atoms in total. The lowest BCUT2D eigenvalue weighted by molar-refractivity contribution is 0.0997.